The van der Waals surface area contributed by atoms with Crippen molar-refractivity contribution in [3.05, 3.63) is 42.5 Å². The van der Waals surface area contributed by atoms with E-state index in [1.807, 2.05) is 18.2 Å². The summed E-state index contributed by atoms with van der Waals surface area (Å²) in [5.74, 6) is 0. The number of hydrogen-bond acceptors (Lipinski definition) is 6. The van der Waals surface area contributed by atoms with Gasteiger partial charge in [0.15, 0.2) is 0 Å². The fourth-order valence-corrected chi connectivity index (χ4v) is 3.02. The number of primary sulfonamides is 1. The lowest BCUT2D eigenvalue weighted by atomic mass is 10.2. The van der Waals surface area contributed by atoms with Crippen LogP contribution in [0.4, 0.5) is 17.1 Å². The van der Waals surface area contributed by atoms with E-state index in [-0.39, 0.29) is 4.90 Å². The maximum Gasteiger partial charge on any atom is 0.238 e. The molecule has 6 nitrogen and oxygen atoms in total. The highest BCUT2D eigenvalue weighted by Crippen LogP contribution is 2.33. The number of hydrogen-bond donors (Lipinski definition) is 3. The van der Waals surface area contributed by atoms with Crippen molar-refractivity contribution in [2.24, 2.45) is 10.1 Å². The molecule has 2 aromatic rings. The van der Waals surface area contributed by atoms with E-state index in [0.717, 1.165) is 22.0 Å². The van der Waals surface area contributed by atoms with Gasteiger partial charge in [-0.25, -0.2) is 18.5 Å². The highest BCUT2D eigenvalue weighted by atomic mass is 32.2. The highest BCUT2D eigenvalue weighted by molar-refractivity contribution is 7.98. The van der Waals surface area contributed by atoms with Gasteiger partial charge in [0.05, 0.1) is 21.8 Å². The first-order valence-corrected chi connectivity index (χ1v) is 8.37. The predicted molar refractivity (Wildman–Crippen MR) is 84.7 cm³/mol. The van der Waals surface area contributed by atoms with Crippen molar-refractivity contribution >= 4 is 45.4 Å². The molecule has 0 saturated carbocycles. The van der Waals surface area contributed by atoms with E-state index in [1.54, 1.807) is 18.5 Å². The molecule has 3 rings (SSSR count). The summed E-state index contributed by atoms with van der Waals surface area (Å²) in [7, 11) is -3.66. The van der Waals surface area contributed by atoms with Gasteiger partial charge in [0, 0.05) is 11.4 Å². The average molecular weight is 320 g/mol. The topological polar surface area (TPSA) is 96.6 Å². The molecule has 21 heavy (non-hydrogen) atoms. The molecule has 0 bridgehead atoms. The standard InChI is InChI=1S/C13H12N4O2S2/c14-21(18,19)11-4-1-9(2-5-11)17-10-3-6-12-13(7-10)20-16-8-15-12/h1-8,17H,(H,15,16)(H2,14,18,19). The number of anilines is 2. The summed E-state index contributed by atoms with van der Waals surface area (Å²) in [5, 5.41) is 8.27. The van der Waals surface area contributed by atoms with E-state index in [1.165, 1.54) is 24.1 Å². The van der Waals surface area contributed by atoms with Crippen molar-refractivity contribution in [3.8, 4) is 0 Å². The minimum absolute atomic E-state index is 0.0904. The summed E-state index contributed by atoms with van der Waals surface area (Å²) < 4.78 is 25.4. The molecule has 108 valence electrons. The third-order valence-corrected chi connectivity index (χ3v) is 4.56. The maximum atomic E-state index is 11.2. The summed E-state index contributed by atoms with van der Waals surface area (Å²) in [6, 6.07) is 12.1. The maximum absolute atomic E-state index is 11.2. The molecule has 0 unspecified atom stereocenters. The lowest BCUT2D eigenvalue weighted by Gasteiger charge is -2.13. The molecule has 0 saturated heterocycles. The molecule has 1 aliphatic rings. The Morgan fingerprint density at radius 1 is 1.10 bits per heavy atom. The van der Waals surface area contributed by atoms with Crippen molar-refractivity contribution < 1.29 is 8.42 Å². The molecule has 2 aromatic carbocycles. The number of aliphatic imine (C=N–C) groups is 1. The monoisotopic (exact) mass is 320 g/mol. The molecule has 0 atom stereocenters. The molecule has 0 radical (unpaired) electrons. The van der Waals surface area contributed by atoms with Crippen LogP contribution in [0.3, 0.4) is 0 Å². The van der Waals surface area contributed by atoms with E-state index in [9.17, 15) is 8.42 Å². The zero-order chi connectivity index (χ0) is 14.9. The van der Waals surface area contributed by atoms with Crippen molar-refractivity contribution in [1.82, 2.24) is 4.72 Å². The second kappa shape index (κ2) is 5.40. The van der Waals surface area contributed by atoms with Gasteiger partial charge in [0.1, 0.15) is 0 Å². The van der Waals surface area contributed by atoms with Crippen molar-refractivity contribution in [2.75, 3.05) is 5.32 Å². The SMILES string of the molecule is NS(=O)(=O)c1ccc(Nc2ccc3c(c2)SNC=N3)cc1. The highest BCUT2D eigenvalue weighted by Gasteiger charge is 2.09. The van der Waals surface area contributed by atoms with Gasteiger partial charge in [0.2, 0.25) is 10.0 Å². The van der Waals surface area contributed by atoms with E-state index >= 15 is 0 Å². The van der Waals surface area contributed by atoms with Gasteiger partial charge >= 0.3 is 0 Å². The Kier molecular flexibility index (Phi) is 3.58. The van der Waals surface area contributed by atoms with Crippen molar-refractivity contribution in [1.29, 1.82) is 0 Å². The predicted octanol–water partition coefficient (Wildman–Crippen LogP) is 2.35. The molecule has 0 amide bonds. The Labute approximate surface area is 126 Å². The Morgan fingerprint density at radius 2 is 1.81 bits per heavy atom. The largest absolute Gasteiger partial charge is 0.355 e. The van der Waals surface area contributed by atoms with Crippen LogP contribution in [-0.4, -0.2) is 14.8 Å². The van der Waals surface area contributed by atoms with Gasteiger partial charge in [-0.05, 0) is 54.4 Å². The Morgan fingerprint density at radius 3 is 2.52 bits per heavy atom. The molecular weight excluding hydrogens is 308 g/mol. The fraction of sp³-hybridized carbons (Fsp3) is 0. The van der Waals surface area contributed by atoms with E-state index in [2.05, 4.69) is 15.0 Å². The zero-order valence-electron chi connectivity index (χ0n) is 10.8. The Balaban J connectivity index is 1.82. The second-order valence-corrected chi connectivity index (χ2v) is 6.80. The Bertz CT molecular complexity index is 801. The first kappa shape index (κ1) is 13.9. The molecule has 0 fully saturated rings. The van der Waals surface area contributed by atoms with E-state index < -0.39 is 10.0 Å². The van der Waals surface area contributed by atoms with Crippen LogP contribution in [0.5, 0.6) is 0 Å². The second-order valence-electron chi connectivity index (χ2n) is 4.36. The molecule has 1 heterocycles. The van der Waals surface area contributed by atoms with Crippen LogP contribution in [0.1, 0.15) is 0 Å². The summed E-state index contributed by atoms with van der Waals surface area (Å²) in [4.78, 5) is 5.32. The number of nitrogens with two attached hydrogens (primary N) is 1. The number of nitrogens with zero attached hydrogens (tertiary/aromatic N) is 1. The van der Waals surface area contributed by atoms with Gasteiger partial charge in [-0.15, -0.1) is 0 Å². The fourth-order valence-electron chi connectivity index (χ4n) is 1.86. The van der Waals surface area contributed by atoms with Crippen LogP contribution < -0.4 is 15.2 Å². The normalized spacial score (nSPS) is 13.4. The minimum atomic E-state index is -3.66. The lowest BCUT2D eigenvalue weighted by molar-refractivity contribution is 0.598. The first-order chi connectivity index (χ1) is 10.0. The van der Waals surface area contributed by atoms with Crippen LogP contribution >= 0.6 is 11.9 Å². The van der Waals surface area contributed by atoms with Crippen molar-refractivity contribution in [3.63, 3.8) is 0 Å². The van der Waals surface area contributed by atoms with Gasteiger partial charge < -0.3 is 10.0 Å². The molecule has 0 aliphatic carbocycles. The number of rotatable bonds is 3. The molecule has 4 N–H and O–H groups in total. The molecule has 1 aliphatic heterocycles. The molecule has 8 heteroatoms. The smallest absolute Gasteiger partial charge is 0.238 e. The Hall–Kier alpha value is -2.03. The summed E-state index contributed by atoms with van der Waals surface area (Å²) in [6.07, 6.45) is 1.64. The number of sulfonamides is 1. The van der Waals surface area contributed by atoms with E-state index in [0.29, 0.717) is 0 Å². The summed E-state index contributed by atoms with van der Waals surface area (Å²) >= 11 is 1.48. The van der Waals surface area contributed by atoms with E-state index in [4.69, 9.17) is 5.14 Å². The van der Waals surface area contributed by atoms with Crippen LogP contribution in [0.25, 0.3) is 0 Å². The van der Waals surface area contributed by atoms with Crippen LogP contribution in [0, 0.1) is 0 Å². The number of fused-ring (bicyclic) bond motifs is 1. The van der Waals surface area contributed by atoms with Crippen molar-refractivity contribution in [2.45, 2.75) is 9.79 Å². The molecular formula is C13H12N4O2S2. The lowest BCUT2D eigenvalue weighted by Crippen LogP contribution is -2.11. The summed E-state index contributed by atoms with van der Waals surface area (Å²) in [6.45, 7) is 0. The third-order valence-electron chi connectivity index (χ3n) is 2.86. The quantitative estimate of drug-likeness (QED) is 0.754. The average Bonchev–Trinajstić information content (AvgIpc) is 2.47. The van der Waals surface area contributed by atoms with Crippen LogP contribution in [0.15, 0.2) is 57.2 Å². The molecule has 0 spiro atoms. The number of benzene rings is 2. The minimum Gasteiger partial charge on any atom is -0.355 e. The summed E-state index contributed by atoms with van der Waals surface area (Å²) in [5.41, 5.74) is 2.58. The van der Waals surface area contributed by atoms with Gasteiger partial charge in [-0.3, -0.25) is 0 Å². The first-order valence-electron chi connectivity index (χ1n) is 6.01. The van der Waals surface area contributed by atoms with Gasteiger partial charge in [0.25, 0.3) is 0 Å². The van der Waals surface area contributed by atoms with Crippen LogP contribution in [0.2, 0.25) is 0 Å². The zero-order valence-corrected chi connectivity index (χ0v) is 12.4. The van der Waals surface area contributed by atoms with Gasteiger partial charge in [-0.2, -0.15) is 0 Å². The third kappa shape index (κ3) is 3.18. The van der Waals surface area contributed by atoms with Gasteiger partial charge in [-0.1, -0.05) is 0 Å². The van der Waals surface area contributed by atoms with Crippen LogP contribution in [-0.2, 0) is 10.0 Å². The number of nitrogens with one attached hydrogen (secondary N) is 2. The molecule has 0 aromatic heterocycles.